The molecule has 0 aliphatic heterocycles. The van der Waals surface area contributed by atoms with Gasteiger partial charge < -0.3 is 52.5 Å². The molecule has 0 bridgehead atoms. The summed E-state index contributed by atoms with van der Waals surface area (Å²) in [5.74, 6) is 0.250. The number of halogens is 2. The van der Waals surface area contributed by atoms with Crippen molar-refractivity contribution in [2.24, 2.45) is 0 Å². The van der Waals surface area contributed by atoms with Gasteiger partial charge in [-0.05, 0) is 126 Å². The maximum atomic E-state index is 13.1. The van der Waals surface area contributed by atoms with Crippen molar-refractivity contribution in [1.82, 2.24) is 0 Å². The first-order valence-corrected chi connectivity index (χ1v) is 19.2. The molecule has 0 saturated carbocycles. The number of nitrogens with zero attached hydrogens (tertiary/aromatic N) is 2. The van der Waals surface area contributed by atoms with Crippen LogP contribution in [0.25, 0.3) is 0 Å². The molecule has 306 valence electrons. The van der Waals surface area contributed by atoms with Gasteiger partial charge in [-0.1, -0.05) is 42.5 Å². The molecule has 0 saturated heterocycles. The summed E-state index contributed by atoms with van der Waals surface area (Å²) in [6.45, 7) is 10.7. The number of amides is 2. The molecule has 0 spiro atoms. The normalized spacial score (nSPS) is 10.5. The molecule has 2 radical (unpaired) electrons. The predicted octanol–water partition coefficient (Wildman–Crippen LogP) is 5.61. The number of carbonyl (C=O) groups excluding carboxylic acids is 2. The minimum atomic E-state index is -0.511. The van der Waals surface area contributed by atoms with Crippen molar-refractivity contribution in [2.75, 3.05) is 38.1 Å². The van der Waals surface area contributed by atoms with Crippen molar-refractivity contribution >= 4 is 96.6 Å². The number of rotatable bonds is 20. The Kier molecular flexibility index (Phi) is 29.6. The smallest absolute Gasteiger partial charge is 1.00 e. The van der Waals surface area contributed by atoms with Crippen molar-refractivity contribution in [3.63, 3.8) is 0 Å². The number of anilines is 2. The van der Waals surface area contributed by atoms with E-state index >= 15 is 0 Å². The van der Waals surface area contributed by atoms with Crippen LogP contribution in [0.5, 0.6) is 11.5 Å². The van der Waals surface area contributed by atoms with Gasteiger partial charge in [0.15, 0.2) is 0 Å². The van der Waals surface area contributed by atoms with E-state index in [0.717, 1.165) is 69.6 Å². The van der Waals surface area contributed by atoms with E-state index in [4.69, 9.17) is 29.6 Å². The van der Waals surface area contributed by atoms with Gasteiger partial charge in [-0.2, -0.15) is 6.42 Å². The molecule has 0 unspecified atom stereocenters. The molecular formula is C44H52B2BrIMgN4O6. The molecule has 2 N–H and O–H groups in total. The summed E-state index contributed by atoms with van der Waals surface area (Å²) in [5.41, 5.74) is 4.83. The van der Waals surface area contributed by atoms with Crippen LogP contribution in [0.2, 0.25) is 11.6 Å². The van der Waals surface area contributed by atoms with E-state index in [-0.39, 0.29) is 51.8 Å². The van der Waals surface area contributed by atoms with E-state index in [1.807, 2.05) is 91.0 Å². The Morgan fingerprint density at radius 2 is 1.14 bits per heavy atom. The molecule has 15 heteroatoms. The van der Waals surface area contributed by atoms with Crippen LogP contribution < -0.4 is 36.3 Å². The summed E-state index contributed by atoms with van der Waals surface area (Å²) in [5, 5.41) is 14.2. The van der Waals surface area contributed by atoms with Gasteiger partial charge in [-0.25, -0.2) is 0 Å². The summed E-state index contributed by atoms with van der Waals surface area (Å²) in [6.07, 6.45) is 8.97. The molecule has 59 heavy (non-hydrogen) atoms. The number of hydrogen-bond acceptors (Lipinski definition) is 8. The topological polar surface area (TPSA) is 125 Å². The minimum Gasteiger partial charge on any atom is -1.00 e. The van der Waals surface area contributed by atoms with Gasteiger partial charge in [-0.15, -0.1) is 19.2 Å². The molecule has 0 heterocycles. The van der Waals surface area contributed by atoms with Crippen LogP contribution in [-0.2, 0) is 38.2 Å². The average molecular weight is 986 g/mol. The van der Waals surface area contributed by atoms with Gasteiger partial charge in [0.1, 0.15) is 24.3 Å². The molecule has 4 aromatic rings. The number of carbonyl (C=O) groups is 2. The first-order valence-electron chi connectivity index (χ1n) is 18.2. The minimum absolute atomic E-state index is 0. The number of methoxy groups -OCH3 is 2. The monoisotopic (exact) mass is 984 g/mol. The number of nitrogens with one attached hydrogen (secondary N) is 2. The van der Waals surface area contributed by atoms with Crippen molar-refractivity contribution in [2.45, 2.75) is 43.7 Å². The maximum Gasteiger partial charge on any atom is 2.00 e. The molecule has 2 amide bonds. The molecule has 2 atom stereocenters. The van der Waals surface area contributed by atoms with Crippen LogP contribution in [0.3, 0.4) is 0 Å². The van der Waals surface area contributed by atoms with Crippen LogP contribution in [-0.4, -0.2) is 90.9 Å². The first kappa shape index (κ1) is 54.9. The summed E-state index contributed by atoms with van der Waals surface area (Å²) in [7, 11) is 9.50. The molecular weight excluding hydrogens is 933 g/mol. The van der Waals surface area contributed by atoms with Crippen LogP contribution in [0, 0.1) is 21.3 Å². The van der Waals surface area contributed by atoms with Crippen LogP contribution in [0.4, 0.5) is 11.4 Å². The van der Waals surface area contributed by atoms with E-state index in [2.05, 4.69) is 54.8 Å². The standard InChI is InChI=1S/C22H26BN2O3.C18H19BIN2O3.C4H7.BrH.Mg/c1-4-5-7-17-8-6-9-18(14-17)15-21(23-28-16-24)22(26)25(2)19-10-12-20(27-3)13-11-19;1-22(15-6-8-16(24-2)9-7-15)18(23)17(19-25-12-21)11-13-4-3-5-14(20)10-13;1-3-4-2;;/h4,6,8-14,16,21,24H,1,5,7,15H2,2-3H3;3-10,12,17,21H,11H2,1-2H3;3H,1-2,4H2;1H;/q;;-1;;+2/p-1/t21-;17-;;;/m00.../s1. The largest absolute Gasteiger partial charge is 2.00 e. The molecule has 10 nitrogen and oxygen atoms in total. The first-order chi connectivity index (χ1) is 27.5. The Morgan fingerprint density at radius 1 is 0.729 bits per heavy atom. The summed E-state index contributed by atoms with van der Waals surface area (Å²) >= 11 is 2.24. The Bertz CT molecular complexity index is 1860. The quantitative estimate of drug-likeness (QED) is 0.0297. The number of ether oxygens (including phenoxy) is 2. The van der Waals surface area contributed by atoms with Gasteiger partial charge in [-0.3, -0.25) is 20.4 Å². The average Bonchev–Trinajstić information content (AvgIpc) is 3.25. The Hall–Kier alpha value is -4.05. The van der Waals surface area contributed by atoms with Crippen molar-refractivity contribution < 1.29 is 45.4 Å². The van der Waals surface area contributed by atoms with E-state index < -0.39 is 11.6 Å². The fourth-order valence-electron chi connectivity index (χ4n) is 5.37. The fourth-order valence-corrected chi connectivity index (χ4v) is 5.98. The zero-order valence-electron chi connectivity index (χ0n) is 34.3. The van der Waals surface area contributed by atoms with Gasteiger partial charge >= 0.3 is 38.0 Å². The summed E-state index contributed by atoms with van der Waals surface area (Å²) in [6, 6.07) is 30.7. The number of hydrogen-bond donors (Lipinski definition) is 2. The Labute approximate surface area is 392 Å². The number of aryl methyl sites for hydroxylation is 1. The molecule has 0 aromatic heterocycles. The second kappa shape index (κ2) is 31.8. The SMILES string of the molecule is C=CCCc1cccc(C[C@H]([B]OC=N)C(=O)N(C)c2ccc(OC)cc2)c1.C=CC[CH2-].COc1ccc(N(C)C(=O)[C@@H]([B]OC=N)Cc2cccc(I)c2)cc1.[Br-].[Mg+2]. The predicted molar refractivity (Wildman–Crippen MR) is 249 cm³/mol. The molecule has 0 aliphatic rings. The van der Waals surface area contributed by atoms with Crippen LogP contribution in [0.15, 0.2) is 122 Å². The maximum absolute atomic E-state index is 13.1. The van der Waals surface area contributed by atoms with Gasteiger partial charge in [0.2, 0.25) is 11.8 Å². The molecule has 4 aromatic carbocycles. The molecule has 0 fully saturated rings. The third-order valence-electron chi connectivity index (χ3n) is 8.47. The van der Waals surface area contributed by atoms with E-state index in [9.17, 15) is 9.59 Å². The summed E-state index contributed by atoms with van der Waals surface area (Å²) in [4.78, 5) is 29.1. The van der Waals surface area contributed by atoms with Crippen LogP contribution >= 0.6 is 22.6 Å². The third kappa shape index (κ3) is 20.2. The zero-order valence-corrected chi connectivity index (χ0v) is 39.5. The molecule has 4 rings (SSSR count). The van der Waals surface area contributed by atoms with Gasteiger partial charge in [0.25, 0.3) is 0 Å². The van der Waals surface area contributed by atoms with Crippen molar-refractivity contribution in [3.8, 4) is 11.5 Å². The Balaban J connectivity index is 0.00000102. The Morgan fingerprint density at radius 3 is 1.51 bits per heavy atom. The van der Waals surface area contributed by atoms with Crippen LogP contribution in [0.1, 0.15) is 29.5 Å². The van der Waals surface area contributed by atoms with Crippen molar-refractivity contribution in [3.05, 3.63) is 150 Å². The number of allylic oxidation sites excluding steroid dienone is 2. The molecule has 0 aliphatic carbocycles. The fraction of sp³-hybridized carbons (Fsp3) is 0.250. The zero-order chi connectivity index (χ0) is 42.0. The van der Waals surface area contributed by atoms with Crippen molar-refractivity contribution in [1.29, 1.82) is 10.8 Å². The second-order valence-corrected chi connectivity index (χ2v) is 13.7. The van der Waals surface area contributed by atoms with Gasteiger partial charge in [0, 0.05) is 29.0 Å². The van der Waals surface area contributed by atoms with E-state index in [1.54, 1.807) is 44.2 Å². The third-order valence-corrected chi connectivity index (χ3v) is 9.14. The van der Waals surface area contributed by atoms with E-state index in [0.29, 0.717) is 12.8 Å². The van der Waals surface area contributed by atoms with E-state index in [1.165, 1.54) is 20.5 Å². The second-order valence-electron chi connectivity index (χ2n) is 12.4. The summed E-state index contributed by atoms with van der Waals surface area (Å²) < 4.78 is 21.5. The van der Waals surface area contributed by atoms with Gasteiger partial charge in [0.05, 0.1) is 25.9 Å². The number of benzene rings is 4.